The van der Waals surface area contributed by atoms with Crippen molar-refractivity contribution in [3.8, 4) is 11.5 Å². The Morgan fingerprint density at radius 2 is 2.10 bits per heavy atom. The van der Waals surface area contributed by atoms with Gasteiger partial charge in [0.15, 0.2) is 22.1 Å². The van der Waals surface area contributed by atoms with Gasteiger partial charge in [0.2, 0.25) is 5.95 Å². The number of nitrogens with zero attached hydrogens (tertiary/aromatic N) is 5. The molecule has 10 nitrogen and oxygen atoms in total. The summed E-state index contributed by atoms with van der Waals surface area (Å²) in [5.41, 5.74) is 8.54. The van der Waals surface area contributed by atoms with Crippen LogP contribution in [0.2, 0.25) is 0 Å². The van der Waals surface area contributed by atoms with Gasteiger partial charge in [-0.25, -0.2) is 14.8 Å². The number of ether oxygens (including phenoxy) is 2. The summed E-state index contributed by atoms with van der Waals surface area (Å²) < 4.78 is 35.1. The van der Waals surface area contributed by atoms with E-state index in [-0.39, 0.29) is 29.5 Å². The molecule has 1 aromatic carbocycles. The number of hydrogen-bond acceptors (Lipinski definition) is 9. The number of fused-ring (bicyclic) bond motifs is 2. The molecule has 0 radical (unpaired) electrons. The van der Waals surface area contributed by atoms with Crippen molar-refractivity contribution >= 4 is 45.2 Å². The second-order valence-corrected chi connectivity index (χ2v) is 7.99. The summed E-state index contributed by atoms with van der Waals surface area (Å²) in [5, 5.41) is 2.71. The summed E-state index contributed by atoms with van der Waals surface area (Å²) in [4.78, 5) is 30.0. The van der Waals surface area contributed by atoms with Crippen molar-refractivity contribution in [2.45, 2.75) is 19.3 Å². The number of anilines is 3. The summed E-state index contributed by atoms with van der Waals surface area (Å²) >= 11 is 1.39. The Hall–Kier alpha value is -3.48. The number of benzene rings is 1. The van der Waals surface area contributed by atoms with Crippen LogP contribution in [0.25, 0.3) is 10.3 Å². The Morgan fingerprint density at radius 1 is 1.29 bits per heavy atom. The summed E-state index contributed by atoms with van der Waals surface area (Å²) in [6.45, 7) is 3.34. The summed E-state index contributed by atoms with van der Waals surface area (Å²) in [6, 6.07) is 3.69. The molecule has 0 aliphatic carbocycles. The van der Waals surface area contributed by atoms with E-state index in [1.165, 1.54) is 29.5 Å². The second kappa shape index (κ2) is 7.04. The number of thiazole rings is 1. The molecule has 1 fully saturated rings. The number of nitrogens with one attached hydrogen (secondary N) is 1. The molecule has 1 saturated heterocycles. The molecule has 13 heteroatoms. The first kappa shape index (κ1) is 19.5. The van der Waals surface area contributed by atoms with Crippen LogP contribution < -0.4 is 25.4 Å². The van der Waals surface area contributed by atoms with Crippen molar-refractivity contribution in [1.29, 1.82) is 0 Å². The quantitative estimate of drug-likeness (QED) is 0.613. The number of piperazine rings is 1. The van der Waals surface area contributed by atoms with Gasteiger partial charge in [0.05, 0.1) is 5.51 Å². The van der Waals surface area contributed by atoms with Gasteiger partial charge in [0.25, 0.3) is 0 Å². The SMILES string of the molecule is CC1CN(C(=O)Nc2ccc3c(c2)OC(F)(F)O3)CCN1c1nc(N)nc2scnc12. The zero-order chi connectivity index (χ0) is 21.8. The molecular weight excluding hydrogens is 432 g/mol. The van der Waals surface area contributed by atoms with Gasteiger partial charge in [0.1, 0.15) is 5.52 Å². The minimum atomic E-state index is -3.70. The first-order valence-corrected chi connectivity index (χ1v) is 10.3. The lowest BCUT2D eigenvalue weighted by atomic mass is 10.2. The zero-order valence-electron chi connectivity index (χ0n) is 16.2. The minimum Gasteiger partial charge on any atom is -0.395 e. The van der Waals surface area contributed by atoms with E-state index in [1.807, 2.05) is 11.8 Å². The van der Waals surface area contributed by atoms with E-state index in [4.69, 9.17) is 5.73 Å². The predicted molar refractivity (Wildman–Crippen MR) is 110 cm³/mol. The molecule has 3 aromatic rings. The van der Waals surface area contributed by atoms with Crippen molar-refractivity contribution < 1.29 is 23.0 Å². The van der Waals surface area contributed by atoms with Crippen molar-refractivity contribution in [3.05, 3.63) is 23.7 Å². The number of rotatable bonds is 2. The largest absolute Gasteiger partial charge is 0.586 e. The molecular formula is C18H17F2N7O3S. The fourth-order valence-corrected chi connectivity index (χ4v) is 4.31. The van der Waals surface area contributed by atoms with Gasteiger partial charge < -0.3 is 30.3 Å². The first-order chi connectivity index (χ1) is 14.8. The van der Waals surface area contributed by atoms with Gasteiger partial charge in [-0.15, -0.1) is 20.1 Å². The fourth-order valence-electron chi connectivity index (χ4n) is 3.65. The van der Waals surface area contributed by atoms with E-state index >= 15 is 0 Å². The Kier molecular flexibility index (Phi) is 4.43. The Morgan fingerprint density at radius 3 is 2.90 bits per heavy atom. The third-order valence-electron chi connectivity index (χ3n) is 5.04. The number of amides is 2. The summed E-state index contributed by atoms with van der Waals surface area (Å²) in [5.74, 6) is 0.609. The van der Waals surface area contributed by atoms with Gasteiger partial charge in [-0.1, -0.05) is 0 Å². The molecule has 31 heavy (non-hydrogen) atoms. The van der Waals surface area contributed by atoms with Crippen molar-refractivity contribution in [1.82, 2.24) is 19.9 Å². The van der Waals surface area contributed by atoms with Crippen LogP contribution in [0.1, 0.15) is 6.92 Å². The zero-order valence-corrected chi connectivity index (χ0v) is 17.0. The second-order valence-electron chi connectivity index (χ2n) is 7.16. The molecule has 5 rings (SSSR count). The number of halogens is 2. The maximum absolute atomic E-state index is 13.2. The monoisotopic (exact) mass is 449 g/mol. The average Bonchev–Trinajstić information content (AvgIpc) is 3.29. The first-order valence-electron chi connectivity index (χ1n) is 9.38. The number of nitrogens with two attached hydrogens (primary N) is 1. The molecule has 0 bridgehead atoms. The number of alkyl halides is 2. The number of aromatic nitrogens is 3. The lowest BCUT2D eigenvalue weighted by Gasteiger charge is -2.40. The number of hydrogen-bond donors (Lipinski definition) is 2. The van der Waals surface area contributed by atoms with Crippen LogP contribution in [-0.2, 0) is 0 Å². The van der Waals surface area contributed by atoms with Crippen molar-refractivity contribution in [2.75, 3.05) is 35.6 Å². The average molecular weight is 449 g/mol. The highest BCUT2D eigenvalue weighted by atomic mass is 32.1. The van der Waals surface area contributed by atoms with E-state index < -0.39 is 6.29 Å². The maximum Gasteiger partial charge on any atom is 0.586 e. The molecule has 2 aliphatic rings. The normalized spacial score (nSPS) is 19.6. The summed E-state index contributed by atoms with van der Waals surface area (Å²) in [6.07, 6.45) is -3.70. The number of carbonyl (C=O) groups excluding carboxylic acids is 1. The van der Waals surface area contributed by atoms with E-state index in [1.54, 1.807) is 10.4 Å². The van der Waals surface area contributed by atoms with Crippen LogP contribution >= 0.6 is 11.3 Å². The van der Waals surface area contributed by atoms with E-state index in [0.29, 0.717) is 41.5 Å². The lowest BCUT2D eigenvalue weighted by Crippen LogP contribution is -2.55. The predicted octanol–water partition coefficient (Wildman–Crippen LogP) is 2.73. The third kappa shape index (κ3) is 3.60. The Labute approximate surface area is 178 Å². The van der Waals surface area contributed by atoms with Gasteiger partial charge in [-0.3, -0.25) is 0 Å². The Bertz CT molecular complexity index is 1170. The van der Waals surface area contributed by atoms with Gasteiger partial charge >= 0.3 is 12.3 Å². The molecule has 3 N–H and O–H groups in total. The van der Waals surface area contributed by atoms with Crippen molar-refractivity contribution in [2.24, 2.45) is 0 Å². The maximum atomic E-state index is 13.2. The molecule has 0 spiro atoms. The highest BCUT2D eigenvalue weighted by molar-refractivity contribution is 7.16. The molecule has 1 atom stereocenters. The standard InChI is InChI=1S/C18H17F2N7O3S/c1-9-7-26(4-5-27(9)14-13-15(31-8-22-13)25-16(21)24-14)17(28)23-10-2-3-11-12(6-10)30-18(19,20)29-11/h2-3,6,8-9H,4-5,7H2,1H3,(H,23,28)(H2,21,24,25). The molecule has 2 aliphatic heterocycles. The molecule has 1 unspecified atom stereocenters. The van der Waals surface area contributed by atoms with Gasteiger partial charge in [-0.2, -0.15) is 4.98 Å². The summed E-state index contributed by atoms with van der Waals surface area (Å²) in [7, 11) is 0. The number of nitrogen functional groups attached to an aromatic ring is 1. The van der Waals surface area contributed by atoms with Crippen LogP contribution in [0.15, 0.2) is 23.7 Å². The van der Waals surface area contributed by atoms with Gasteiger partial charge in [-0.05, 0) is 19.1 Å². The molecule has 162 valence electrons. The van der Waals surface area contributed by atoms with Crippen LogP contribution in [-0.4, -0.2) is 57.9 Å². The van der Waals surface area contributed by atoms with Crippen molar-refractivity contribution in [3.63, 3.8) is 0 Å². The molecule has 2 amide bonds. The minimum absolute atomic E-state index is 0.0610. The van der Waals surface area contributed by atoms with Crippen LogP contribution in [0.5, 0.6) is 11.5 Å². The highest BCUT2D eigenvalue weighted by Crippen LogP contribution is 2.42. The van der Waals surface area contributed by atoms with E-state index in [0.717, 1.165) is 0 Å². The molecule has 0 saturated carbocycles. The van der Waals surface area contributed by atoms with E-state index in [2.05, 4.69) is 29.7 Å². The van der Waals surface area contributed by atoms with Crippen LogP contribution in [0.3, 0.4) is 0 Å². The number of urea groups is 1. The topological polar surface area (TPSA) is 119 Å². The van der Waals surface area contributed by atoms with E-state index in [9.17, 15) is 13.6 Å². The van der Waals surface area contributed by atoms with Gasteiger partial charge in [0, 0.05) is 37.4 Å². The molecule has 4 heterocycles. The Balaban J connectivity index is 1.28. The fraction of sp³-hybridized carbons (Fsp3) is 0.333. The van der Waals surface area contributed by atoms with Crippen LogP contribution in [0.4, 0.5) is 31.0 Å². The van der Waals surface area contributed by atoms with Crippen LogP contribution in [0, 0.1) is 0 Å². The number of carbonyl (C=O) groups is 1. The third-order valence-corrected chi connectivity index (χ3v) is 5.76. The smallest absolute Gasteiger partial charge is 0.395 e. The lowest BCUT2D eigenvalue weighted by molar-refractivity contribution is -0.286. The highest BCUT2D eigenvalue weighted by Gasteiger charge is 2.43. The molecule has 2 aromatic heterocycles.